The minimum Gasteiger partial charge on any atom is -0.496 e. The maximum atomic E-state index is 6.07. The normalized spacial score (nSPS) is 12.2. The van der Waals surface area contributed by atoms with Crippen LogP contribution in [0.5, 0.6) is 5.75 Å². The zero-order valence-electron chi connectivity index (χ0n) is 14.1. The predicted molar refractivity (Wildman–Crippen MR) is 93.8 cm³/mol. The smallest absolute Gasteiger partial charge is 0.122 e. The zero-order valence-corrected chi connectivity index (χ0v) is 14.1. The van der Waals surface area contributed by atoms with Gasteiger partial charge in [0.2, 0.25) is 0 Å². The number of aryl methyl sites for hydroxylation is 3. The lowest BCUT2D eigenvalue weighted by molar-refractivity contribution is 0.410. The van der Waals surface area contributed by atoms with E-state index in [4.69, 9.17) is 10.5 Å². The van der Waals surface area contributed by atoms with Crippen molar-refractivity contribution < 1.29 is 4.74 Å². The number of ether oxygens (including phenoxy) is 1. The topological polar surface area (TPSA) is 35.2 Å². The summed E-state index contributed by atoms with van der Waals surface area (Å²) in [6.07, 6.45) is 1.96. The molecule has 0 aliphatic rings. The van der Waals surface area contributed by atoms with Gasteiger partial charge in [0, 0.05) is 5.92 Å². The van der Waals surface area contributed by atoms with Gasteiger partial charge in [-0.2, -0.15) is 0 Å². The lowest BCUT2D eigenvalue weighted by Gasteiger charge is -2.19. The van der Waals surface area contributed by atoms with Gasteiger partial charge in [-0.1, -0.05) is 42.8 Å². The molecular formula is C20H27NO. The third-order valence-corrected chi connectivity index (χ3v) is 4.41. The fraction of sp³-hybridized carbons (Fsp3) is 0.400. The molecule has 2 rings (SSSR count). The standard InChI is InChI=1S/C20H27NO/c1-5-16-11-17(8-9-20(16)22-4)19(13-21)12-18-10-14(2)6-7-15(18)3/h6-11,19H,5,12-13,21H2,1-4H3. The largest absolute Gasteiger partial charge is 0.496 e. The summed E-state index contributed by atoms with van der Waals surface area (Å²) in [5, 5.41) is 0. The minimum atomic E-state index is 0.344. The summed E-state index contributed by atoms with van der Waals surface area (Å²) in [5.74, 6) is 1.31. The molecule has 2 nitrogen and oxygen atoms in total. The second kappa shape index (κ2) is 7.46. The Hall–Kier alpha value is -1.80. The van der Waals surface area contributed by atoms with Crippen LogP contribution in [0.1, 0.15) is 40.7 Å². The minimum absolute atomic E-state index is 0.344. The van der Waals surface area contributed by atoms with Gasteiger partial charge in [0.1, 0.15) is 5.75 Å². The Morgan fingerprint density at radius 2 is 1.82 bits per heavy atom. The third kappa shape index (κ3) is 3.69. The molecule has 0 aromatic heterocycles. The van der Waals surface area contributed by atoms with Crippen LogP contribution in [-0.2, 0) is 12.8 Å². The van der Waals surface area contributed by atoms with E-state index in [1.54, 1.807) is 7.11 Å². The SMILES string of the molecule is CCc1cc(C(CN)Cc2cc(C)ccc2C)ccc1OC. The van der Waals surface area contributed by atoms with E-state index in [1.165, 1.54) is 27.8 Å². The Balaban J connectivity index is 2.30. The van der Waals surface area contributed by atoms with Crippen LogP contribution in [0.15, 0.2) is 36.4 Å². The van der Waals surface area contributed by atoms with Crippen molar-refractivity contribution in [3.63, 3.8) is 0 Å². The van der Waals surface area contributed by atoms with E-state index in [9.17, 15) is 0 Å². The number of hydrogen-bond donors (Lipinski definition) is 1. The highest BCUT2D eigenvalue weighted by atomic mass is 16.5. The first-order valence-electron chi connectivity index (χ1n) is 8.02. The molecule has 118 valence electrons. The van der Waals surface area contributed by atoms with Gasteiger partial charge in [-0.3, -0.25) is 0 Å². The highest BCUT2D eigenvalue weighted by Crippen LogP contribution is 2.27. The summed E-state index contributed by atoms with van der Waals surface area (Å²) >= 11 is 0. The average molecular weight is 297 g/mol. The van der Waals surface area contributed by atoms with Gasteiger partial charge < -0.3 is 10.5 Å². The molecule has 2 heteroatoms. The molecule has 22 heavy (non-hydrogen) atoms. The van der Waals surface area contributed by atoms with Crippen LogP contribution < -0.4 is 10.5 Å². The Labute approximate surface area is 134 Å². The predicted octanol–water partition coefficient (Wildman–Crippen LogP) is 4.16. The Morgan fingerprint density at radius 3 is 2.45 bits per heavy atom. The van der Waals surface area contributed by atoms with Crippen molar-refractivity contribution in [3.05, 3.63) is 64.2 Å². The van der Waals surface area contributed by atoms with Gasteiger partial charge in [0.25, 0.3) is 0 Å². The van der Waals surface area contributed by atoms with Crippen molar-refractivity contribution in [2.75, 3.05) is 13.7 Å². The molecule has 0 radical (unpaired) electrons. The highest BCUT2D eigenvalue weighted by molar-refractivity contribution is 5.40. The van der Waals surface area contributed by atoms with Crippen LogP contribution in [0.3, 0.4) is 0 Å². The van der Waals surface area contributed by atoms with Crippen LogP contribution in [-0.4, -0.2) is 13.7 Å². The van der Waals surface area contributed by atoms with E-state index in [1.807, 2.05) is 0 Å². The third-order valence-electron chi connectivity index (χ3n) is 4.41. The van der Waals surface area contributed by atoms with Gasteiger partial charge in [0.05, 0.1) is 7.11 Å². The van der Waals surface area contributed by atoms with Crippen LogP contribution in [0.25, 0.3) is 0 Å². The van der Waals surface area contributed by atoms with Gasteiger partial charge in [-0.25, -0.2) is 0 Å². The monoisotopic (exact) mass is 297 g/mol. The average Bonchev–Trinajstić information content (AvgIpc) is 2.55. The number of rotatable bonds is 6. The lowest BCUT2D eigenvalue weighted by Crippen LogP contribution is -2.16. The Kier molecular flexibility index (Phi) is 5.62. The molecule has 0 spiro atoms. The van der Waals surface area contributed by atoms with Crippen molar-refractivity contribution in [2.45, 2.75) is 39.5 Å². The molecule has 0 fully saturated rings. The first-order chi connectivity index (χ1) is 10.6. The van der Waals surface area contributed by atoms with Crippen molar-refractivity contribution in [2.24, 2.45) is 5.73 Å². The van der Waals surface area contributed by atoms with Crippen LogP contribution in [0.2, 0.25) is 0 Å². The van der Waals surface area contributed by atoms with E-state index in [-0.39, 0.29) is 0 Å². The molecule has 1 unspecified atom stereocenters. The molecule has 1 atom stereocenters. The van der Waals surface area contributed by atoms with E-state index >= 15 is 0 Å². The summed E-state index contributed by atoms with van der Waals surface area (Å²) in [6.45, 7) is 7.13. The highest BCUT2D eigenvalue weighted by Gasteiger charge is 2.14. The molecule has 0 saturated heterocycles. The fourth-order valence-corrected chi connectivity index (χ4v) is 2.95. The molecular weight excluding hydrogens is 270 g/mol. The summed E-state index contributed by atoms with van der Waals surface area (Å²) in [6, 6.07) is 13.1. The summed E-state index contributed by atoms with van der Waals surface area (Å²) in [5.41, 5.74) is 12.7. The molecule has 2 aromatic rings. The maximum absolute atomic E-state index is 6.07. The van der Waals surface area contributed by atoms with Gasteiger partial charge in [-0.05, 0) is 61.6 Å². The van der Waals surface area contributed by atoms with Crippen molar-refractivity contribution in [3.8, 4) is 5.75 Å². The van der Waals surface area contributed by atoms with Gasteiger partial charge >= 0.3 is 0 Å². The van der Waals surface area contributed by atoms with E-state index in [0.717, 1.165) is 18.6 Å². The Bertz CT molecular complexity index is 634. The molecule has 0 aliphatic carbocycles. The van der Waals surface area contributed by atoms with Gasteiger partial charge in [0.15, 0.2) is 0 Å². The summed E-state index contributed by atoms with van der Waals surface area (Å²) in [7, 11) is 1.73. The van der Waals surface area contributed by atoms with Crippen molar-refractivity contribution in [1.29, 1.82) is 0 Å². The van der Waals surface area contributed by atoms with Crippen molar-refractivity contribution in [1.82, 2.24) is 0 Å². The Morgan fingerprint density at radius 1 is 1.05 bits per heavy atom. The fourth-order valence-electron chi connectivity index (χ4n) is 2.95. The molecule has 2 N–H and O–H groups in total. The second-order valence-electron chi connectivity index (χ2n) is 5.99. The lowest BCUT2D eigenvalue weighted by atomic mass is 9.88. The zero-order chi connectivity index (χ0) is 16.1. The molecule has 0 amide bonds. The van der Waals surface area contributed by atoms with E-state index in [2.05, 4.69) is 57.2 Å². The molecule has 0 heterocycles. The second-order valence-corrected chi connectivity index (χ2v) is 5.99. The number of benzene rings is 2. The number of nitrogens with two attached hydrogens (primary N) is 1. The molecule has 0 saturated carbocycles. The molecule has 0 bridgehead atoms. The summed E-state index contributed by atoms with van der Waals surface area (Å²) < 4.78 is 5.43. The summed E-state index contributed by atoms with van der Waals surface area (Å²) in [4.78, 5) is 0. The van der Waals surface area contributed by atoms with Crippen LogP contribution >= 0.6 is 0 Å². The molecule has 0 aliphatic heterocycles. The molecule has 2 aromatic carbocycles. The number of hydrogen-bond acceptors (Lipinski definition) is 2. The van der Waals surface area contributed by atoms with E-state index < -0.39 is 0 Å². The maximum Gasteiger partial charge on any atom is 0.122 e. The number of methoxy groups -OCH3 is 1. The van der Waals surface area contributed by atoms with Gasteiger partial charge in [-0.15, -0.1) is 0 Å². The first-order valence-corrected chi connectivity index (χ1v) is 8.02. The van der Waals surface area contributed by atoms with Crippen LogP contribution in [0.4, 0.5) is 0 Å². The van der Waals surface area contributed by atoms with Crippen LogP contribution in [0, 0.1) is 13.8 Å². The van der Waals surface area contributed by atoms with Crippen molar-refractivity contribution >= 4 is 0 Å². The quantitative estimate of drug-likeness (QED) is 0.869. The first kappa shape index (κ1) is 16.6. The van der Waals surface area contributed by atoms with E-state index in [0.29, 0.717) is 12.5 Å².